The van der Waals surface area contributed by atoms with Crippen molar-refractivity contribution in [1.82, 2.24) is 4.90 Å². The summed E-state index contributed by atoms with van der Waals surface area (Å²) in [6, 6.07) is 5.81. The Hall–Kier alpha value is -1.87. The molecule has 0 heterocycles. The molecule has 2 rings (SSSR count). The van der Waals surface area contributed by atoms with Gasteiger partial charge in [-0.25, -0.2) is 12.8 Å². The molecule has 0 unspecified atom stereocenters. The van der Waals surface area contributed by atoms with Crippen LogP contribution in [-0.4, -0.2) is 36.8 Å². The van der Waals surface area contributed by atoms with Crippen molar-refractivity contribution in [3.05, 3.63) is 35.6 Å². The molecule has 0 aromatic heterocycles. The van der Waals surface area contributed by atoms with Crippen molar-refractivity contribution in [3.8, 4) is 12.3 Å². The van der Waals surface area contributed by atoms with Gasteiger partial charge in [-0.15, -0.1) is 6.42 Å². The summed E-state index contributed by atoms with van der Waals surface area (Å²) in [4.78, 5) is 13.8. The Morgan fingerprint density at radius 2 is 1.88 bits per heavy atom. The first-order valence-corrected chi connectivity index (χ1v) is 9.81. The maximum absolute atomic E-state index is 13.0. The molecule has 0 bridgehead atoms. The van der Waals surface area contributed by atoms with Gasteiger partial charge < -0.3 is 4.90 Å². The molecule has 1 aliphatic carbocycles. The maximum Gasteiger partial charge on any atom is 0.224 e. The Morgan fingerprint density at radius 1 is 1.25 bits per heavy atom. The molecule has 1 aromatic carbocycles. The maximum atomic E-state index is 13.0. The Bertz CT molecular complexity index is 701. The van der Waals surface area contributed by atoms with Gasteiger partial charge in [0.25, 0.3) is 0 Å². The molecule has 1 saturated carbocycles. The minimum absolute atomic E-state index is 0.0677. The van der Waals surface area contributed by atoms with Gasteiger partial charge in [0.2, 0.25) is 5.91 Å². The summed E-state index contributed by atoms with van der Waals surface area (Å²) in [5.74, 6) is 1.63. The van der Waals surface area contributed by atoms with Crippen molar-refractivity contribution < 1.29 is 17.6 Å². The fourth-order valence-corrected chi connectivity index (χ4v) is 4.80. The summed E-state index contributed by atoms with van der Waals surface area (Å²) in [5, 5.41) is -0.302. The fraction of sp³-hybridized carbons (Fsp3) is 0.500. The summed E-state index contributed by atoms with van der Waals surface area (Å²) < 4.78 is 37.5. The molecule has 1 fully saturated rings. The average Bonchev–Trinajstić information content (AvgIpc) is 3.10. The first-order chi connectivity index (χ1) is 11.4. The van der Waals surface area contributed by atoms with Crippen LogP contribution in [0.1, 0.15) is 37.7 Å². The smallest absolute Gasteiger partial charge is 0.224 e. The number of hydrogen-bond acceptors (Lipinski definition) is 3. The van der Waals surface area contributed by atoms with Crippen LogP contribution in [-0.2, 0) is 21.2 Å². The standard InChI is InChI=1S/C18H22FNO3S/c1-2-12-20(14-15-7-9-16(19)10-8-15)18(21)11-13-24(22,23)17-5-3-4-6-17/h1,7-10,17H,3-6,11-14H2. The number of terminal acetylenes is 1. The van der Waals surface area contributed by atoms with Gasteiger partial charge in [0, 0.05) is 13.0 Å². The number of nitrogens with zero attached hydrogens (tertiary/aromatic N) is 1. The Balaban J connectivity index is 1.96. The van der Waals surface area contributed by atoms with Crippen LogP contribution in [0.15, 0.2) is 24.3 Å². The molecule has 24 heavy (non-hydrogen) atoms. The molecule has 0 radical (unpaired) electrons. The number of rotatable bonds is 7. The highest BCUT2D eigenvalue weighted by Gasteiger charge is 2.29. The van der Waals surface area contributed by atoms with Crippen molar-refractivity contribution >= 4 is 15.7 Å². The van der Waals surface area contributed by atoms with E-state index in [2.05, 4.69) is 5.92 Å². The second-order valence-electron chi connectivity index (χ2n) is 6.10. The van der Waals surface area contributed by atoms with Crippen LogP contribution in [0.4, 0.5) is 4.39 Å². The molecular formula is C18H22FNO3S. The lowest BCUT2D eigenvalue weighted by molar-refractivity contribution is -0.130. The zero-order valence-corrected chi connectivity index (χ0v) is 14.4. The van der Waals surface area contributed by atoms with E-state index in [-0.39, 0.29) is 42.2 Å². The third-order valence-electron chi connectivity index (χ3n) is 4.33. The molecule has 130 valence electrons. The molecule has 0 saturated heterocycles. The van der Waals surface area contributed by atoms with Crippen LogP contribution in [0.25, 0.3) is 0 Å². The number of hydrogen-bond donors (Lipinski definition) is 0. The van der Waals surface area contributed by atoms with Crippen molar-refractivity contribution in [2.24, 2.45) is 0 Å². The summed E-state index contributed by atoms with van der Waals surface area (Å²) in [7, 11) is -3.23. The van der Waals surface area contributed by atoms with E-state index in [0.29, 0.717) is 12.8 Å². The predicted molar refractivity (Wildman–Crippen MR) is 91.3 cm³/mol. The van der Waals surface area contributed by atoms with Crippen LogP contribution in [0.5, 0.6) is 0 Å². The van der Waals surface area contributed by atoms with Crippen molar-refractivity contribution in [2.75, 3.05) is 12.3 Å². The molecule has 1 aliphatic rings. The number of amides is 1. The molecule has 6 heteroatoms. The third-order valence-corrected chi connectivity index (χ3v) is 6.59. The summed E-state index contributed by atoms with van der Waals surface area (Å²) in [6.45, 7) is 0.340. The lowest BCUT2D eigenvalue weighted by atomic mass is 10.2. The van der Waals surface area contributed by atoms with E-state index < -0.39 is 9.84 Å². The van der Waals surface area contributed by atoms with Gasteiger partial charge in [0.05, 0.1) is 17.5 Å². The molecule has 4 nitrogen and oxygen atoms in total. The van der Waals surface area contributed by atoms with E-state index >= 15 is 0 Å². The SMILES string of the molecule is C#CCN(Cc1ccc(F)cc1)C(=O)CCS(=O)(=O)C1CCCC1. The van der Waals surface area contributed by atoms with E-state index in [4.69, 9.17) is 6.42 Å². The van der Waals surface area contributed by atoms with Crippen molar-refractivity contribution in [3.63, 3.8) is 0 Å². The lowest BCUT2D eigenvalue weighted by Crippen LogP contribution is -2.33. The van der Waals surface area contributed by atoms with Crippen molar-refractivity contribution in [1.29, 1.82) is 0 Å². The average molecular weight is 351 g/mol. The summed E-state index contributed by atoms with van der Waals surface area (Å²) in [6.07, 6.45) is 8.50. The summed E-state index contributed by atoms with van der Waals surface area (Å²) >= 11 is 0. The minimum Gasteiger partial charge on any atom is -0.327 e. The number of carbonyl (C=O) groups excluding carboxylic acids is 1. The largest absolute Gasteiger partial charge is 0.327 e. The Labute approximate surface area is 143 Å². The second kappa shape index (κ2) is 8.29. The van der Waals surface area contributed by atoms with E-state index in [9.17, 15) is 17.6 Å². The second-order valence-corrected chi connectivity index (χ2v) is 8.50. The van der Waals surface area contributed by atoms with Gasteiger partial charge in [-0.1, -0.05) is 30.9 Å². The zero-order chi connectivity index (χ0) is 17.6. The van der Waals surface area contributed by atoms with E-state index in [1.54, 1.807) is 12.1 Å². The van der Waals surface area contributed by atoms with Crippen LogP contribution < -0.4 is 0 Å². The molecule has 1 aromatic rings. The highest BCUT2D eigenvalue weighted by Crippen LogP contribution is 2.25. The van der Waals surface area contributed by atoms with Crippen LogP contribution >= 0.6 is 0 Å². The predicted octanol–water partition coefficient (Wildman–Crippen LogP) is 2.54. The number of sulfone groups is 1. The summed E-state index contributed by atoms with van der Waals surface area (Å²) in [5.41, 5.74) is 0.749. The third kappa shape index (κ3) is 5.07. The normalized spacial score (nSPS) is 15.2. The van der Waals surface area contributed by atoms with Crippen molar-refractivity contribution in [2.45, 2.75) is 43.9 Å². The van der Waals surface area contributed by atoms with E-state index in [0.717, 1.165) is 18.4 Å². The first kappa shape index (κ1) is 18.5. The van der Waals surface area contributed by atoms with Gasteiger partial charge >= 0.3 is 0 Å². The first-order valence-electron chi connectivity index (χ1n) is 8.09. The van der Waals surface area contributed by atoms with Gasteiger partial charge in [-0.3, -0.25) is 4.79 Å². The highest BCUT2D eigenvalue weighted by atomic mass is 32.2. The van der Waals surface area contributed by atoms with Crippen LogP contribution in [0, 0.1) is 18.2 Å². The molecule has 0 N–H and O–H groups in total. The Morgan fingerprint density at radius 3 is 2.46 bits per heavy atom. The van der Waals surface area contributed by atoms with E-state index in [1.807, 2.05) is 0 Å². The van der Waals surface area contributed by atoms with Gasteiger partial charge in [0.1, 0.15) is 5.82 Å². The minimum atomic E-state index is -3.23. The lowest BCUT2D eigenvalue weighted by Gasteiger charge is -2.21. The van der Waals surface area contributed by atoms with Gasteiger partial charge in [-0.2, -0.15) is 0 Å². The number of halogens is 1. The van der Waals surface area contributed by atoms with E-state index in [1.165, 1.54) is 17.0 Å². The Kier molecular flexibility index (Phi) is 6.38. The highest BCUT2D eigenvalue weighted by molar-refractivity contribution is 7.92. The molecule has 1 amide bonds. The topological polar surface area (TPSA) is 54.5 Å². The molecule has 0 atom stereocenters. The zero-order valence-electron chi connectivity index (χ0n) is 13.6. The quantitative estimate of drug-likeness (QED) is 0.710. The molecule has 0 aliphatic heterocycles. The number of carbonyl (C=O) groups is 1. The van der Waals surface area contributed by atoms with Crippen LogP contribution in [0.2, 0.25) is 0 Å². The van der Waals surface area contributed by atoms with Gasteiger partial charge in [-0.05, 0) is 30.5 Å². The molecular weight excluding hydrogens is 329 g/mol. The monoisotopic (exact) mass is 351 g/mol. The van der Waals surface area contributed by atoms with Gasteiger partial charge in [0.15, 0.2) is 9.84 Å². The number of benzene rings is 1. The molecule has 0 spiro atoms. The fourth-order valence-electron chi connectivity index (χ4n) is 2.95. The van der Waals surface area contributed by atoms with Crippen LogP contribution in [0.3, 0.4) is 0 Å².